The van der Waals surface area contributed by atoms with Crippen molar-refractivity contribution in [2.24, 2.45) is 0 Å². The van der Waals surface area contributed by atoms with Gasteiger partial charge >= 0.3 is 5.97 Å². The van der Waals surface area contributed by atoms with Crippen molar-refractivity contribution in [2.75, 3.05) is 33.7 Å². The number of carboxylic acid groups (broad SMARTS) is 1. The fourth-order valence-electron chi connectivity index (χ4n) is 5.20. The Labute approximate surface area is 228 Å². The van der Waals surface area contributed by atoms with E-state index in [1.807, 2.05) is 49.3 Å². The summed E-state index contributed by atoms with van der Waals surface area (Å²) >= 11 is 12.8. The van der Waals surface area contributed by atoms with E-state index < -0.39 is 27.0 Å². The van der Waals surface area contributed by atoms with Crippen molar-refractivity contribution in [3.05, 3.63) is 91.6 Å². The second kappa shape index (κ2) is 11.2. The summed E-state index contributed by atoms with van der Waals surface area (Å²) in [4.78, 5) is 16.6. The summed E-state index contributed by atoms with van der Waals surface area (Å²) in [7, 11) is -0.0853. The molecule has 0 amide bonds. The molecule has 0 bridgehead atoms. The zero-order chi connectivity index (χ0) is 26.9. The van der Waals surface area contributed by atoms with Crippen molar-refractivity contribution in [3.63, 3.8) is 0 Å². The van der Waals surface area contributed by atoms with Gasteiger partial charge in [0.15, 0.2) is 9.84 Å². The first-order valence-corrected chi connectivity index (χ1v) is 14.3. The van der Waals surface area contributed by atoms with Crippen LogP contribution in [-0.2, 0) is 21.2 Å². The van der Waals surface area contributed by atoms with Gasteiger partial charge in [0, 0.05) is 31.0 Å². The van der Waals surface area contributed by atoms with E-state index in [1.165, 1.54) is 0 Å². The molecule has 2 N–H and O–H groups in total. The molecule has 2 aromatic carbocycles. The van der Waals surface area contributed by atoms with Crippen LogP contribution < -0.4 is 5.32 Å². The number of carboxylic acids is 1. The van der Waals surface area contributed by atoms with Crippen molar-refractivity contribution in [3.8, 4) is 0 Å². The largest absolute Gasteiger partial charge is 0.478 e. The minimum absolute atomic E-state index is 0.0454. The van der Waals surface area contributed by atoms with Gasteiger partial charge in [0.2, 0.25) is 0 Å². The highest BCUT2D eigenvalue weighted by Gasteiger charge is 2.46. The van der Waals surface area contributed by atoms with Crippen LogP contribution in [0, 0.1) is 0 Å². The standard InChI is InChI=1S/C27H31Cl2N3O4S/c1-17-23(27(33)34)24(20-10-7-11-21(28)25(20)29)26-22(30-17)16-32(3)15-19(37(26,35)36)12-13-31(2)14-18-8-5-4-6-9-18/h4-11,19,24,30H,12-16H2,1-3H3,(H,33,34). The number of carbonyl (C=O) groups is 1. The van der Waals surface area contributed by atoms with E-state index in [1.54, 1.807) is 25.1 Å². The summed E-state index contributed by atoms with van der Waals surface area (Å²) in [5.74, 6) is -2.27. The number of sulfone groups is 1. The smallest absolute Gasteiger partial charge is 0.334 e. The zero-order valence-electron chi connectivity index (χ0n) is 21.0. The average molecular weight is 565 g/mol. The van der Waals surface area contributed by atoms with Gasteiger partial charge in [0.25, 0.3) is 0 Å². The Morgan fingerprint density at radius 3 is 2.54 bits per heavy atom. The predicted molar refractivity (Wildman–Crippen MR) is 147 cm³/mol. The SMILES string of the molecule is CC1=C(C(=O)O)C(c2cccc(Cl)c2Cl)C2=C(CN(C)CC(CCN(C)Cc3ccccc3)S2(=O)=O)N1. The highest BCUT2D eigenvalue weighted by molar-refractivity contribution is 7.96. The number of likely N-dealkylation sites (N-methyl/N-ethyl adjacent to an activating group) is 1. The van der Waals surface area contributed by atoms with E-state index in [-0.39, 0.29) is 20.5 Å². The maximum Gasteiger partial charge on any atom is 0.334 e. The Hall–Kier alpha value is -2.36. The summed E-state index contributed by atoms with van der Waals surface area (Å²) in [5.41, 5.74) is 2.33. The molecule has 4 rings (SSSR count). The molecule has 0 aliphatic carbocycles. The fraction of sp³-hybridized carbons (Fsp3) is 0.370. The minimum atomic E-state index is -3.93. The number of hydrogen-bond acceptors (Lipinski definition) is 6. The molecule has 2 heterocycles. The molecule has 0 saturated heterocycles. The number of aliphatic carboxylic acids is 1. The van der Waals surface area contributed by atoms with E-state index in [9.17, 15) is 18.3 Å². The van der Waals surface area contributed by atoms with Crippen LogP contribution in [0.1, 0.15) is 30.4 Å². The monoisotopic (exact) mass is 563 g/mol. The number of nitrogens with zero attached hydrogens (tertiary/aromatic N) is 2. The third kappa shape index (κ3) is 5.73. The van der Waals surface area contributed by atoms with Crippen LogP contribution in [0.2, 0.25) is 10.0 Å². The maximum absolute atomic E-state index is 14.3. The van der Waals surface area contributed by atoms with Gasteiger partial charge < -0.3 is 15.3 Å². The fourth-order valence-corrected chi connectivity index (χ4v) is 7.87. The highest BCUT2D eigenvalue weighted by atomic mass is 35.5. The predicted octanol–water partition coefficient (Wildman–Crippen LogP) is 4.50. The first-order valence-electron chi connectivity index (χ1n) is 12.0. The van der Waals surface area contributed by atoms with Gasteiger partial charge in [-0.05, 0) is 51.2 Å². The maximum atomic E-state index is 14.3. The number of rotatable bonds is 7. The molecule has 2 aliphatic heterocycles. The Morgan fingerprint density at radius 2 is 1.86 bits per heavy atom. The van der Waals surface area contributed by atoms with Gasteiger partial charge in [-0.2, -0.15) is 0 Å². The lowest BCUT2D eigenvalue weighted by Gasteiger charge is -2.32. The Morgan fingerprint density at radius 1 is 1.16 bits per heavy atom. The number of allylic oxidation sites excluding steroid dienone is 2. The molecule has 7 nitrogen and oxygen atoms in total. The van der Waals surface area contributed by atoms with Crippen molar-refractivity contribution in [1.82, 2.24) is 15.1 Å². The number of hydrogen-bond donors (Lipinski definition) is 2. The topological polar surface area (TPSA) is 90.0 Å². The molecule has 0 fully saturated rings. The molecular formula is C27H31Cl2N3O4S. The number of nitrogens with one attached hydrogen (secondary N) is 1. The molecule has 198 valence electrons. The second-order valence-corrected chi connectivity index (χ2v) is 12.7. The quantitative estimate of drug-likeness (QED) is 0.512. The first-order chi connectivity index (χ1) is 17.5. The molecule has 0 aromatic heterocycles. The minimum Gasteiger partial charge on any atom is -0.478 e. The Kier molecular flexibility index (Phi) is 8.35. The lowest BCUT2D eigenvalue weighted by molar-refractivity contribution is -0.133. The summed E-state index contributed by atoms with van der Waals surface area (Å²) in [6.45, 7) is 3.57. The van der Waals surface area contributed by atoms with Gasteiger partial charge in [-0.15, -0.1) is 0 Å². The van der Waals surface area contributed by atoms with Crippen LogP contribution in [0.15, 0.2) is 70.4 Å². The highest BCUT2D eigenvalue weighted by Crippen LogP contribution is 2.46. The summed E-state index contributed by atoms with van der Waals surface area (Å²) in [6.07, 6.45) is 0.397. The molecule has 2 aromatic rings. The van der Waals surface area contributed by atoms with Gasteiger partial charge in [0.05, 0.1) is 31.7 Å². The van der Waals surface area contributed by atoms with Gasteiger partial charge in [-0.25, -0.2) is 13.2 Å². The summed E-state index contributed by atoms with van der Waals surface area (Å²) in [5, 5.41) is 12.9. The molecular weight excluding hydrogens is 533 g/mol. The third-order valence-electron chi connectivity index (χ3n) is 6.93. The molecule has 37 heavy (non-hydrogen) atoms. The number of benzene rings is 2. The lowest BCUT2D eigenvalue weighted by Crippen LogP contribution is -2.37. The van der Waals surface area contributed by atoms with Crippen LogP contribution in [0.4, 0.5) is 0 Å². The molecule has 2 aliphatic rings. The van der Waals surface area contributed by atoms with Crippen molar-refractivity contribution < 1.29 is 18.3 Å². The van der Waals surface area contributed by atoms with Crippen molar-refractivity contribution in [2.45, 2.75) is 31.1 Å². The van der Waals surface area contributed by atoms with Crippen LogP contribution in [0.3, 0.4) is 0 Å². The molecule has 0 spiro atoms. The summed E-state index contributed by atoms with van der Waals surface area (Å²) < 4.78 is 28.6. The zero-order valence-corrected chi connectivity index (χ0v) is 23.4. The molecule has 10 heteroatoms. The molecule has 0 radical (unpaired) electrons. The number of halogens is 2. The van der Waals surface area contributed by atoms with Crippen molar-refractivity contribution >= 4 is 39.0 Å². The Bertz CT molecular complexity index is 1360. The van der Waals surface area contributed by atoms with Gasteiger partial charge in [-0.3, -0.25) is 4.90 Å². The van der Waals surface area contributed by atoms with E-state index >= 15 is 0 Å². The second-order valence-electron chi connectivity index (χ2n) is 9.76. The molecule has 0 saturated carbocycles. The van der Waals surface area contributed by atoms with Gasteiger partial charge in [0.1, 0.15) is 0 Å². The van der Waals surface area contributed by atoms with E-state index in [4.69, 9.17) is 23.2 Å². The van der Waals surface area contributed by atoms with Crippen molar-refractivity contribution in [1.29, 1.82) is 0 Å². The van der Waals surface area contributed by atoms with Gasteiger partial charge in [-0.1, -0.05) is 65.7 Å². The van der Waals surface area contributed by atoms with Crippen LogP contribution in [0.25, 0.3) is 0 Å². The van der Waals surface area contributed by atoms with Crippen LogP contribution in [0.5, 0.6) is 0 Å². The average Bonchev–Trinajstić information content (AvgIpc) is 2.92. The summed E-state index contributed by atoms with van der Waals surface area (Å²) in [6, 6.07) is 14.9. The number of dihydropyridines is 1. The van der Waals surface area contributed by atoms with Crippen LogP contribution >= 0.6 is 23.2 Å². The molecule has 2 atom stereocenters. The van der Waals surface area contributed by atoms with E-state index in [0.717, 1.165) is 5.56 Å². The molecule has 2 unspecified atom stereocenters. The third-order valence-corrected chi connectivity index (χ3v) is 10.1. The van der Waals surface area contributed by atoms with E-state index in [2.05, 4.69) is 10.2 Å². The first kappa shape index (κ1) is 27.7. The van der Waals surface area contributed by atoms with E-state index in [0.29, 0.717) is 49.6 Å². The van der Waals surface area contributed by atoms with Crippen LogP contribution in [-0.4, -0.2) is 68.3 Å². The lowest BCUT2D eigenvalue weighted by atomic mass is 9.86. The normalized spacial score (nSPS) is 22.0. The Balaban J connectivity index is 1.73.